The lowest BCUT2D eigenvalue weighted by Crippen LogP contribution is -2.13. The number of amides is 1. The topological polar surface area (TPSA) is 78.3 Å². The van der Waals surface area contributed by atoms with Crippen LogP contribution in [-0.2, 0) is 6.54 Å². The molecule has 1 amide bonds. The average Bonchev–Trinajstić information content (AvgIpc) is 3.33. The third-order valence-corrected chi connectivity index (χ3v) is 4.90. The van der Waals surface area contributed by atoms with Gasteiger partial charge in [0, 0.05) is 5.69 Å². The summed E-state index contributed by atoms with van der Waals surface area (Å²) in [7, 11) is 3.20. The van der Waals surface area contributed by atoms with E-state index < -0.39 is 0 Å². The van der Waals surface area contributed by atoms with Gasteiger partial charge in [-0.25, -0.2) is 9.67 Å². The summed E-state index contributed by atoms with van der Waals surface area (Å²) in [6, 6.07) is 20.7. The van der Waals surface area contributed by atoms with E-state index in [0.717, 1.165) is 22.4 Å². The van der Waals surface area contributed by atoms with Gasteiger partial charge in [0.2, 0.25) is 0 Å². The first-order valence-electron chi connectivity index (χ1n) is 9.71. The normalized spacial score (nSPS) is 10.5. The largest absolute Gasteiger partial charge is 0.497 e. The molecule has 7 heteroatoms. The van der Waals surface area contributed by atoms with Gasteiger partial charge in [-0.1, -0.05) is 24.3 Å². The van der Waals surface area contributed by atoms with E-state index in [0.29, 0.717) is 23.5 Å². The number of hydrogen-bond acceptors (Lipinski definition) is 5. The molecule has 0 saturated heterocycles. The maximum absolute atomic E-state index is 13.1. The van der Waals surface area contributed by atoms with Crippen molar-refractivity contribution in [2.75, 3.05) is 19.5 Å². The Morgan fingerprint density at radius 1 is 0.935 bits per heavy atom. The zero-order valence-corrected chi connectivity index (χ0v) is 17.3. The van der Waals surface area contributed by atoms with E-state index in [1.54, 1.807) is 31.3 Å². The van der Waals surface area contributed by atoms with E-state index in [1.807, 2.05) is 60.7 Å². The third-order valence-electron chi connectivity index (χ3n) is 4.90. The number of anilines is 1. The molecule has 0 unspecified atom stereocenters. The first-order chi connectivity index (χ1) is 15.2. The number of methoxy groups -OCH3 is 2. The van der Waals surface area contributed by atoms with Crippen molar-refractivity contribution in [1.82, 2.24) is 14.8 Å². The number of nitrogens with one attached hydrogen (secondary N) is 1. The van der Waals surface area contributed by atoms with Crippen LogP contribution < -0.4 is 14.8 Å². The van der Waals surface area contributed by atoms with E-state index >= 15 is 0 Å². The predicted octanol–water partition coefficient (Wildman–Crippen LogP) is 4.26. The van der Waals surface area contributed by atoms with E-state index in [-0.39, 0.29) is 5.91 Å². The minimum atomic E-state index is -0.214. The summed E-state index contributed by atoms with van der Waals surface area (Å²) in [5.41, 5.74) is 4.01. The second-order valence-electron chi connectivity index (χ2n) is 6.88. The number of ether oxygens (including phenoxy) is 2. The highest BCUT2D eigenvalue weighted by Crippen LogP contribution is 2.29. The summed E-state index contributed by atoms with van der Waals surface area (Å²) in [6.45, 7) is 0.617. The van der Waals surface area contributed by atoms with E-state index in [9.17, 15) is 4.79 Å². The fourth-order valence-electron chi connectivity index (χ4n) is 3.25. The molecule has 0 radical (unpaired) electrons. The van der Waals surface area contributed by atoms with Crippen LogP contribution >= 0.6 is 0 Å². The molecular formula is C24H22N4O3. The lowest BCUT2D eigenvalue weighted by atomic mass is 9.98. The summed E-state index contributed by atoms with van der Waals surface area (Å²) in [6.07, 6.45) is 3.17. The maximum atomic E-state index is 13.1. The second kappa shape index (κ2) is 9.13. The number of nitrogens with zero attached hydrogens (tertiary/aromatic N) is 3. The summed E-state index contributed by atoms with van der Waals surface area (Å²) in [5, 5.41) is 7.08. The van der Waals surface area contributed by atoms with Crippen molar-refractivity contribution in [3.05, 3.63) is 90.5 Å². The highest BCUT2D eigenvalue weighted by atomic mass is 16.5. The molecule has 0 fully saturated rings. The van der Waals surface area contributed by atoms with Crippen LogP contribution in [0.5, 0.6) is 11.5 Å². The predicted molar refractivity (Wildman–Crippen MR) is 119 cm³/mol. The van der Waals surface area contributed by atoms with Crippen LogP contribution in [0.4, 0.5) is 5.69 Å². The highest BCUT2D eigenvalue weighted by molar-refractivity contribution is 6.09. The first-order valence-corrected chi connectivity index (χ1v) is 9.71. The van der Waals surface area contributed by atoms with E-state index in [1.165, 1.54) is 6.33 Å². The fourth-order valence-corrected chi connectivity index (χ4v) is 3.25. The molecule has 0 spiro atoms. The van der Waals surface area contributed by atoms with Gasteiger partial charge in [-0.05, 0) is 59.2 Å². The molecule has 0 aliphatic rings. The molecule has 0 bridgehead atoms. The van der Waals surface area contributed by atoms with Crippen molar-refractivity contribution < 1.29 is 14.3 Å². The minimum Gasteiger partial charge on any atom is -0.497 e. The number of rotatable bonds is 7. The fraction of sp³-hybridized carbons (Fsp3) is 0.125. The van der Waals surface area contributed by atoms with Gasteiger partial charge in [-0.3, -0.25) is 4.79 Å². The molecule has 31 heavy (non-hydrogen) atoms. The van der Waals surface area contributed by atoms with Crippen molar-refractivity contribution in [3.63, 3.8) is 0 Å². The van der Waals surface area contributed by atoms with Crippen molar-refractivity contribution in [3.8, 4) is 22.6 Å². The van der Waals surface area contributed by atoms with Crippen molar-refractivity contribution in [2.24, 2.45) is 0 Å². The molecule has 1 N–H and O–H groups in total. The molecule has 156 valence electrons. The van der Waals surface area contributed by atoms with E-state index in [4.69, 9.17) is 9.47 Å². The standard InChI is InChI=1S/C24H22N4O3/c1-30-20-9-5-18(6-10-20)22-12-11-21(31-2)13-23(22)24(29)27-19-7-3-17(4-8-19)14-28-16-25-15-26-28/h3-13,15-16H,14H2,1-2H3,(H,27,29). The lowest BCUT2D eigenvalue weighted by Gasteiger charge is -2.13. The molecule has 3 aromatic carbocycles. The Labute approximate surface area is 180 Å². The molecule has 7 nitrogen and oxygen atoms in total. The summed E-state index contributed by atoms with van der Waals surface area (Å²) < 4.78 is 12.3. The van der Waals surface area contributed by atoms with Gasteiger partial charge >= 0.3 is 0 Å². The smallest absolute Gasteiger partial charge is 0.256 e. The second-order valence-corrected chi connectivity index (χ2v) is 6.88. The summed E-state index contributed by atoms with van der Waals surface area (Å²) in [4.78, 5) is 17.1. The Bertz CT molecular complexity index is 1150. The van der Waals surface area contributed by atoms with Gasteiger partial charge in [0.05, 0.1) is 26.3 Å². The average molecular weight is 414 g/mol. The highest BCUT2D eigenvalue weighted by Gasteiger charge is 2.15. The Morgan fingerprint density at radius 2 is 1.65 bits per heavy atom. The van der Waals surface area contributed by atoms with Gasteiger partial charge in [-0.2, -0.15) is 5.10 Å². The Morgan fingerprint density at radius 3 is 2.29 bits per heavy atom. The maximum Gasteiger partial charge on any atom is 0.256 e. The number of hydrogen-bond donors (Lipinski definition) is 1. The van der Waals surface area contributed by atoms with Crippen LogP contribution in [0, 0.1) is 0 Å². The van der Waals surface area contributed by atoms with Crippen LogP contribution in [0.1, 0.15) is 15.9 Å². The Hall–Kier alpha value is -4.13. The van der Waals surface area contributed by atoms with Crippen LogP contribution in [-0.4, -0.2) is 34.9 Å². The zero-order valence-electron chi connectivity index (χ0n) is 17.3. The van der Waals surface area contributed by atoms with Crippen molar-refractivity contribution in [2.45, 2.75) is 6.54 Å². The van der Waals surface area contributed by atoms with E-state index in [2.05, 4.69) is 15.4 Å². The van der Waals surface area contributed by atoms with Crippen molar-refractivity contribution >= 4 is 11.6 Å². The van der Waals surface area contributed by atoms with Crippen LogP contribution in [0.15, 0.2) is 79.4 Å². The molecule has 0 saturated carbocycles. The molecule has 0 atom stereocenters. The van der Waals surface area contributed by atoms with Crippen LogP contribution in [0.3, 0.4) is 0 Å². The number of carbonyl (C=O) groups is 1. The summed E-state index contributed by atoms with van der Waals surface area (Å²) in [5.74, 6) is 1.16. The van der Waals surface area contributed by atoms with Gasteiger partial charge in [0.25, 0.3) is 5.91 Å². The molecule has 4 aromatic rings. The molecule has 1 heterocycles. The lowest BCUT2D eigenvalue weighted by molar-refractivity contribution is 0.102. The van der Waals surface area contributed by atoms with Crippen molar-refractivity contribution in [1.29, 1.82) is 0 Å². The molecule has 1 aromatic heterocycles. The van der Waals surface area contributed by atoms with Crippen LogP contribution in [0.25, 0.3) is 11.1 Å². The summed E-state index contributed by atoms with van der Waals surface area (Å²) >= 11 is 0. The molecule has 4 rings (SSSR count). The third kappa shape index (κ3) is 4.72. The first kappa shape index (κ1) is 20.2. The number of aromatic nitrogens is 3. The monoisotopic (exact) mass is 414 g/mol. The SMILES string of the molecule is COc1ccc(-c2ccc(OC)cc2C(=O)Nc2ccc(Cn3cncn3)cc2)cc1. The van der Waals surface area contributed by atoms with Crippen LogP contribution in [0.2, 0.25) is 0 Å². The number of benzene rings is 3. The molecule has 0 aliphatic heterocycles. The zero-order chi connectivity index (χ0) is 21.6. The quantitative estimate of drug-likeness (QED) is 0.489. The number of carbonyl (C=O) groups excluding carboxylic acids is 1. The van der Waals surface area contributed by atoms with Gasteiger partial charge < -0.3 is 14.8 Å². The molecular weight excluding hydrogens is 392 g/mol. The van der Waals surface area contributed by atoms with Gasteiger partial charge in [0.1, 0.15) is 24.2 Å². The molecule has 0 aliphatic carbocycles. The van der Waals surface area contributed by atoms with Gasteiger partial charge in [0.15, 0.2) is 0 Å². The Balaban J connectivity index is 1.56. The van der Waals surface area contributed by atoms with Gasteiger partial charge in [-0.15, -0.1) is 0 Å². The minimum absolute atomic E-state index is 0.214. The Kier molecular flexibility index (Phi) is 5.93.